The lowest BCUT2D eigenvalue weighted by Crippen LogP contribution is -2.40. The first-order valence-electron chi connectivity index (χ1n) is 6.84. The average Bonchev–Trinajstić information content (AvgIpc) is 2.47. The molecule has 1 atom stereocenters. The van der Waals surface area contributed by atoms with Crippen LogP contribution in [0.15, 0.2) is 18.2 Å². The van der Waals surface area contributed by atoms with E-state index in [-0.39, 0.29) is 11.5 Å². The lowest BCUT2D eigenvalue weighted by atomic mass is 10.1. The van der Waals surface area contributed by atoms with Gasteiger partial charge in [0.2, 0.25) is 0 Å². The maximum atomic E-state index is 13.6. The SMILES string of the molecule is CCC1CN(CC(=O)c2ccc(OC)c(F)c2)CCS1. The summed E-state index contributed by atoms with van der Waals surface area (Å²) in [5.74, 6) is 0.706. The van der Waals surface area contributed by atoms with Gasteiger partial charge in [0.05, 0.1) is 13.7 Å². The van der Waals surface area contributed by atoms with Gasteiger partial charge >= 0.3 is 0 Å². The third-order valence-corrected chi connectivity index (χ3v) is 4.89. The average molecular weight is 297 g/mol. The highest BCUT2D eigenvalue weighted by molar-refractivity contribution is 8.00. The summed E-state index contributed by atoms with van der Waals surface area (Å²) in [6, 6.07) is 4.39. The van der Waals surface area contributed by atoms with Crippen molar-refractivity contribution in [2.75, 3.05) is 32.5 Å². The molecular formula is C15H20FNO2S. The molecule has 0 radical (unpaired) electrons. The summed E-state index contributed by atoms with van der Waals surface area (Å²) < 4.78 is 18.5. The number of hydrogen-bond acceptors (Lipinski definition) is 4. The molecule has 2 rings (SSSR count). The van der Waals surface area contributed by atoms with Crippen LogP contribution in [0.1, 0.15) is 23.7 Å². The summed E-state index contributed by atoms with van der Waals surface area (Å²) in [5.41, 5.74) is 0.412. The van der Waals surface area contributed by atoms with E-state index in [9.17, 15) is 9.18 Å². The largest absolute Gasteiger partial charge is 0.494 e. The van der Waals surface area contributed by atoms with E-state index < -0.39 is 5.82 Å². The zero-order chi connectivity index (χ0) is 14.5. The molecule has 1 unspecified atom stereocenters. The molecular weight excluding hydrogens is 277 g/mol. The van der Waals surface area contributed by atoms with Crippen LogP contribution in [-0.2, 0) is 0 Å². The first-order chi connectivity index (χ1) is 9.63. The number of ketones is 1. The number of carbonyl (C=O) groups excluding carboxylic acids is 1. The second kappa shape index (κ2) is 7.09. The topological polar surface area (TPSA) is 29.5 Å². The van der Waals surface area contributed by atoms with E-state index in [4.69, 9.17) is 4.74 Å². The molecule has 0 aromatic heterocycles. The lowest BCUT2D eigenvalue weighted by molar-refractivity contribution is 0.0932. The van der Waals surface area contributed by atoms with Gasteiger partial charge in [-0.1, -0.05) is 6.92 Å². The predicted octanol–water partition coefficient (Wildman–Crippen LogP) is 2.84. The van der Waals surface area contributed by atoms with E-state index in [0.29, 0.717) is 17.4 Å². The van der Waals surface area contributed by atoms with Crippen molar-refractivity contribution in [3.63, 3.8) is 0 Å². The monoisotopic (exact) mass is 297 g/mol. The van der Waals surface area contributed by atoms with E-state index in [2.05, 4.69) is 11.8 Å². The molecule has 1 aliphatic heterocycles. The van der Waals surface area contributed by atoms with Crippen molar-refractivity contribution in [1.29, 1.82) is 0 Å². The highest BCUT2D eigenvalue weighted by Gasteiger charge is 2.21. The van der Waals surface area contributed by atoms with Crippen LogP contribution in [0.2, 0.25) is 0 Å². The third-order valence-electron chi connectivity index (χ3n) is 3.52. The van der Waals surface area contributed by atoms with Crippen molar-refractivity contribution >= 4 is 17.5 Å². The fourth-order valence-electron chi connectivity index (χ4n) is 2.31. The van der Waals surface area contributed by atoms with Crippen LogP contribution in [0.3, 0.4) is 0 Å². The molecule has 0 amide bonds. The molecule has 1 aliphatic rings. The first-order valence-corrected chi connectivity index (χ1v) is 7.89. The van der Waals surface area contributed by atoms with Gasteiger partial charge < -0.3 is 4.74 Å². The van der Waals surface area contributed by atoms with Crippen LogP contribution in [0.4, 0.5) is 4.39 Å². The Morgan fingerprint density at radius 2 is 2.35 bits per heavy atom. The van der Waals surface area contributed by atoms with Crippen molar-refractivity contribution in [2.45, 2.75) is 18.6 Å². The fraction of sp³-hybridized carbons (Fsp3) is 0.533. The Balaban J connectivity index is 1.99. The van der Waals surface area contributed by atoms with Crippen LogP contribution in [0, 0.1) is 5.82 Å². The minimum Gasteiger partial charge on any atom is -0.494 e. The minimum absolute atomic E-state index is 0.0340. The van der Waals surface area contributed by atoms with Crippen LogP contribution < -0.4 is 4.74 Å². The molecule has 110 valence electrons. The quantitative estimate of drug-likeness (QED) is 0.782. The molecule has 20 heavy (non-hydrogen) atoms. The Labute approximate surface area is 123 Å². The second-order valence-corrected chi connectivity index (χ2v) is 6.32. The molecule has 1 saturated heterocycles. The zero-order valence-electron chi connectivity index (χ0n) is 11.9. The Bertz CT molecular complexity index is 481. The number of thioether (sulfide) groups is 1. The van der Waals surface area contributed by atoms with Gasteiger partial charge in [0.15, 0.2) is 17.3 Å². The van der Waals surface area contributed by atoms with E-state index in [1.54, 1.807) is 6.07 Å². The van der Waals surface area contributed by atoms with Crippen LogP contribution in [0.5, 0.6) is 5.75 Å². The van der Waals surface area contributed by atoms with Gasteiger partial charge in [0.25, 0.3) is 0 Å². The van der Waals surface area contributed by atoms with Gasteiger partial charge in [-0.05, 0) is 24.6 Å². The van der Waals surface area contributed by atoms with Gasteiger partial charge in [0, 0.05) is 29.7 Å². The van der Waals surface area contributed by atoms with E-state index in [1.165, 1.54) is 19.2 Å². The number of Topliss-reactive ketones (excluding diaryl/α,β-unsaturated/α-hetero) is 1. The molecule has 1 fully saturated rings. The molecule has 1 aromatic rings. The molecule has 0 saturated carbocycles. The second-order valence-electron chi connectivity index (χ2n) is 4.91. The molecule has 0 spiro atoms. The summed E-state index contributed by atoms with van der Waals surface area (Å²) in [7, 11) is 1.41. The Kier molecular flexibility index (Phi) is 5.43. The first kappa shape index (κ1) is 15.3. The summed E-state index contributed by atoms with van der Waals surface area (Å²) in [6.45, 7) is 4.39. The fourth-order valence-corrected chi connectivity index (χ4v) is 3.55. The van der Waals surface area contributed by atoms with Crippen molar-refractivity contribution in [3.05, 3.63) is 29.6 Å². The van der Waals surface area contributed by atoms with Crippen LogP contribution in [-0.4, -0.2) is 48.4 Å². The number of rotatable bonds is 5. The van der Waals surface area contributed by atoms with E-state index in [1.807, 2.05) is 11.8 Å². The Morgan fingerprint density at radius 1 is 1.55 bits per heavy atom. The van der Waals surface area contributed by atoms with Crippen molar-refractivity contribution in [2.24, 2.45) is 0 Å². The molecule has 3 nitrogen and oxygen atoms in total. The summed E-state index contributed by atoms with van der Waals surface area (Å²) >= 11 is 1.97. The summed E-state index contributed by atoms with van der Waals surface area (Å²) in [6.07, 6.45) is 1.12. The smallest absolute Gasteiger partial charge is 0.176 e. The zero-order valence-corrected chi connectivity index (χ0v) is 12.7. The number of ether oxygens (including phenoxy) is 1. The summed E-state index contributed by atoms with van der Waals surface area (Å²) in [5, 5.41) is 0.601. The molecule has 5 heteroatoms. The number of hydrogen-bond donors (Lipinski definition) is 0. The lowest BCUT2D eigenvalue weighted by Gasteiger charge is -2.31. The van der Waals surface area contributed by atoms with Gasteiger partial charge in [-0.3, -0.25) is 9.69 Å². The predicted molar refractivity (Wildman–Crippen MR) is 80.3 cm³/mol. The third kappa shape index (κ3) is 3.73. The minimum atomic E-state index is -0.487. The van der Waals surface area contributed by atoms with E-state index in [0.717, 1.165) is 25.3 Å². The summed E-state index contributed by atoms with van der Waals surface area (Å²) in [4.78, 5) is 14.4. The maximum Gasteiger partial charge on any atom is 0.176 e. The molecule has 1 aromatic carbocycles. The highest BCUT2D eigenvalue weighted by atomic mass is 32.2. The standard InChI is InChI=1S/C15H20FNO2S/c1-3-12-9-17(6-7-20-12)10-14(18)11-4-5-15(19-2)13(16)8-11/h4-5,8,12H,3,6-7,9-10H2,1-2H3. The number of carbonyl (C=O) groups is 1. The highest BCUT2D eigenvalue weighted by Crippen LogP contribution is 2.22. The number of benzene rings is 1. The Morgan fingerprint density at radius 3 is 3.00 bits per heavy atom. The maximum absolute atomic E-state index is 13.6. The van der Waals surface area contributed by atoms with Crippen molar-refractivity contribution < 1.29 is 13.9 Å². The number of halogens is 1. The van der Waals surface area contributed by atoms with Gasteiger partial charge in [-0.2, -0.15) is 11.8 Å². The van der Waals surface area contributed by atoms with Crippen LogP contribution in [0.25, 0.3) is 0 Å². The number of methoxy groups -OCH3 is 1. The molecule has 0 N–H and O–H groups in total. The van der Waals surface area contributed by atoms with E-state index >= 15 is 0 Å². The van der Waals surface area contributed by atoms with Crippen molar-refractivity contribution in [1.82, 2.24) is 4.90 Å². The number of nitrogens with zero attached hydrogens (tertiary/aromatic N) is 1. The van der Waals surface area contributed by atoms with Gasteiger partial charge in [-0.15, -0.1) is 0 Å². The molecule has 0 aliphatic carbocycles. The van der Waals surface area contributed by atoms with Gasteiger partial charge in [0.1, 0.15) is 0 Å². The van der Waals surface area contributed by atoms with Crippen LogP contribution >= 0.6 is 11.8 Å². The van der Waals surface area contributed by atoms with Gasteiger partial charge in [-0.25, -0.2) is 4.39 Å². The molecule has 1 heterocycles. The Hall–Kier alpha value is -1.07. The van der Waals surface area contributed by atoms with Crippen molar-refractivity contribution in [3.8, 4) is 5.75 Å². The normalized spacial score (nSPS) is 19.9. The molecule has 0 bridgehead atoms.